The van der Waals surface area contributed by atoms with Gasteiger partial charge in [0, 0.05) is 25.7 Å². The van der Waals surface area contributed by atoms with Crippen LogP contribution in [0, 0.1) is 0 Å². The number of carbonyl (C=O) groups is 1. The monoisotopic (exact) mass is 336 g/mol. The highest BCUT2D eigenvalue weighted by Crippen LogP contribution is 2.33. The lowest BCUT2D eigenvalue weighted by Crippen LogP contribution is -2.49. The number of thiophene rings is 1. The van der Waals surface area contributed by atoms with Gasteiger partial charge < -0.3 is 4.74 Å². The second-order valence-corrected chi connectivity index (χ2v) is 7.46. The largest absolute Gasteiger partial charge is 0.363 e. The molecule has 4 rings (SSSR count). The Hall–Kier alpha value is -0.950. The molecule has 3 fully saturated rings. The first-order valence-corrected chi connectivity index (χ1v) is 9.60. The van der Waals surface area contributed by atoms with Crippen molar-refractivity contribution in [1.82, 2.24) is 9.96 Å². The zero-order chi connectivity index (χ0) is 15.6. The van der Waals surface area contributed by atoms with Gasteiger partial charge in [0.1, 0.15) is 6.10 Å². The first-order chi connectivity index (χ1) is 11.3. The van der Waals surface area contributed by atoms with E-state index in [1.54, 1.807) is 11.3 Å². The van der Waals surface area contributed by atoms with E-state index in [0.29, 0.717) is 19.2 Å². The Kier molecular flexibility index (Phi) is 4.66. The Labute approximate surface area is 141 Å². The van der Waals surface area contributed by atoms with E-state index in [4.69, 9.17) is 9.57 Å². The number of rotatable bonds is 3. The first kappa shape index (κ1) is 15.6. The molecule has 3 saturated heterocycles. The van der Waals surface area contributed by atoms with Gasteiger partial charge in [-0.15, -0.1) is 0 Å². The van der Waals surface area contributed by atoms with Crippen LogP contribution in [0.5, 0.6) is 0 Å². The number of fused-ring (bicyclic) bond motifs is 1. The van der Waals surface area contributed by atoms with Gasteiger partial charge >= 0.3 is 0 Å². The molecule has 23 heavy (non-hydrogen) atoms. The summed E-state index contributed by atoms with van der Waals surface area (Å²) in [6, 6.07) is 2.66. The molecule has 6 heteroatoms. The molecule has 0 bridgehead atoms. The minimum absolute atomic E-state index is 0.0273. The van der Waals surface area contributed by atoms with Crippen LogP contribution in [0.3, 0.4) is 0 Å². The average Bonchev–Trinajstić information content (AvgIpc) is 3.25. The van der Waals surface area contributed by atoms with E-state index in [1.807, 2.05) is 0 Å². The van der Waals surface area contributed by atoms with Gasteiger partial charge in [-0.3, -0.25) is 14.5 Å². The van der Waals surface area contributed by atoms with Gasteiger partial charge in [-0.05, 0) is 54.5 Å². The van der Waals surface area contributed by atoms with Gasteiger partial charge in [-0.2, -0.15) is 11.3 Å². The highest BCUT2D eigenvalue weighted by Gasteiger charge is 2.42. The van der Waals surface area contributed by atoms with Crippen LogP contribution in [-0.4, -0.2) is 53.8 Å². The summed E-state index contributed by atoms with van der Waals surface area (Å²) in [5.74, 6) is 0.0273. The summed E-state index contributed by atoms with van der Waals surface area (Å²) in [6.45, 7) is 3.42. The fourth-order valence-electron chi connectivity index (χ4n) is 3.94. The lowest BCUT2D eigenvalue weighted by Gasteiger charge is -2.37. The SMILES string of the molecule is O=C([C@H]1CC[C@@H]2[C@@H](CCN2Cc2ccsc2)O1)N1CCCCO1. The summed E-state index contributed by atoms with van der Waals surface area (Å²) < 4.78 is 6.16. The number of hydrogen-bond donors (Lipinski definition) is 0. The third kappa shape index (κ3) is 3.31. The van der Waals surface area contributed by atoms with Crippen LogP contribution < -0.4 is 0 Å². The Morgan fingerprint density at radius 1 is 1.26 bits per heavy atom. The zero-order valence-corrected chi connectivity index (χ0v) is 14.2. The molecule has 0 N–H and O–H groups in total. The molecular formula is C17H24N2O3S. The Balaban J connectivity index is 1.34. The molecule has 5 nitrogen and oxygen atoms in total. The molecule has 126 valence electrons. The number of nitrogens with zero attached hydrogens (tertiary/aromatic N) is 2. The van der Waals surface area contributed by atoms with Gasteiger partial charge in [-0.25, -0.2) is 5.06 Å². The van der Waals surface area contributed by atoms with Gasteiger partial charge in [0.15, 0.2) is 0 Å². The lowest BCUT2D eigenvalue weighted by atomic mass is 9.98. The molecule has 0 spiro atoms. The summed E-state index contributed by atoms with van der Waals surface area (Å²) in [5, 5.41) is 5.89. The maximum absolute atomic E-state index is 12.5. The number of hydrogen-bond acceptors (Lipinski definition) is 5. The van der Waals surface area contributed by atoms with Crippen LogP contribution in [0.25, 0.3) is 0 Å². The molecule has 0 radical (unpaired) electrons. The third-order valence-electron chi connectivity index (χ3n) is 5.15. The van der Waals surface area contributed by atoms with E-state index in [0.717, 1.165) is 45.2 Å². The second-order valence-electron chi connectivity index (χ2n) is 6.68. The molecule has 0 aliphatic carbocycles. The van der Waals surface area contributed by atoms with Gasteiger partial charge in [0.2, 0.25) is 0 Å². The van der Waals surface area contributed by atoms with Crippen molar-refractivity contribution in [1.29, 1.82) is 0 Å². The minimum atomic E-state index is -0.310. The van der Waals surface area contributed by atoms with Crippen molar-refractivity contribution < 1.29 is 14.4 Å². The Morgan fingerprint density at radius 3 is 3.00 bits per heavy atom. The smallest absolute Gasteiger partial charge is 0.275 e. The Morgan fingerprint density at radius 2 is 2.22 bits per heavy atom. The highest BCUT2D eigenvalue weighted by atomic mass is 32.1. The number of likely N-dealkylation sites (tertiary alicyclic amines) is 1. The normalized spacial score (nSPS) is 32.0. The van der Waals surface area contributed by atoms with Crippen LogP contribution in [0.1, 0.15) is 37.7 Å². The summed E-state index contributed by atoms with van der Waals surface area (Å²) in [6.07, 6.45) is 4.83. The molecule has 1 amide bonds. The molecular weight excluding hydrogens is 312 g/mol. The fraction of sp³-hybridized carbons (Fsp3) is 0.706. The van der Waals surface area contributed by atoms with Crippen molar-refractivity contribution in [3.05, 3.63) is 22.4 Å². The molecule has 1 aromatic rings. The minimum Gasteiger partial charge on any atom is -0.363 e. The van der Waals surface area contributed by atoms with Crippen molar-refractivity contribution in [2.24, 2.45) is 0 Å². The molecule has 3 atom stereocenters. The molecule has 0 aromatic carbocycles. The fourth-order valence-corrected chi connectivity index (χ4v) is 4.60. The third-order valence-corrected chi connectivity index (χ3v) is 5.88. The van der Waals surface area contributed by atoms with Crippen LogP contribution in [0.2, 0.25) is 0 Å². The summed E-state index contributed by atoms with van der Waals surface area (Å²) in [5.41, 5.74) is 1.38. The van der Waals surface area contributed by atoms with Crippen LogP contribution >= 0.6 is 11.3 Å². The van der Waals surface area contributed by atoms with Crippen LogP contribution in [0.15, 0.2) is 16.8 Å². The highest BCUT2D eigenvalue weighted by molar-refractivity contribution is 7.07. The average molecular weight is 336 g/mol. The van der Waals surface area contributed by atoms with E-state index in [-0.39, 0.29) is 18.1 Å². The van der Waals surface area contributed by atoms with Gasteiger partial charge in [0.05, 0.1) is 12.7 Å². The maximum Gasteiger partial charge on any atom is 0.275 e. The van der Waals surface area contributed by atoms with E-state index < -0.39 is 0 Å². The molecule has 3 aliphatic heterocycles. The molecule has 0 saturated carbocycles. The van der Waals surface area contributed by atoms with Crippen molar-refractivity contribution in [3.63, 3.8) is 0 Å². The van der Waals surface area contributed by atoms with Crippen molar-refractivity contribution >= 4 is 17.2 Å². The van der Waals surface area contributed by atoms with Crippen molar-refractivity contribution in [2.45, 2.75) is 56.9 Å². The number of carbonyl (C=O) groups excluding carboxylic acids is 1. The van der Waals surface area contributed by atoms with Crippen molar-refractivity contribution in [3.8, 4) is 0 Å². The van der Waals surface area contributed by atoms with E-state index in [2.05, 4.69) is 21.7 Å². The summed E-state index contributed by atoms with van der Waals surface area (Å²) in [7, 11) is 0. The maximum atomic E-state index is 12.5. The molecule has 3 aliphatic rings. The van der Waals surface area contributed by atoms with Crippen LogP contribution in [-0.2, 0) is 20.9 Å². The number of hydroxylamine groups is 2. The first-order valence-electron chi connectivity index (χ1n) is 8.66. The van der Waals surface area contributed by atoms with E-state index in [9.17, 15) is 4.79 Å². The van der Waals surface area contributed by atoms with Gasteiger partial charge in [-0.1, -0.05) is 0 Å². The lowest BCUT2D eigenvalue weighted by molar-refractivity contribution is -0.213. The Bertz CT molecular complexity index is 530. The molecule has 4 heterocycles. The predicted octanol–water partition coefficient (Wildman–Crippen LogP) is 2.42. The van der Waals surface area contributed by atoms with E-state index >= 15 is 0 Å². The van der Waals surface area contributed by atoms with E-state index in [1.165, 1.54) is 10.6 Å². The molecule has 1 aromatic heterocycles. The molecule has 0 unspecified atom stereocenters. The van der Waals surface area contributed by atoms with Gasteiger partial charge in [0.25, 0.3) is 5.91 Å². The second kappa shape index (κ2) is 6.89. The predicted molar refractivity (Wildman–Crippen MR) is 87.9 cm³/mol. The zero-order valence-electron chi connectivity index (χ0n) is 13.4. The van der Waals surface area contributed by atoms with Crippen molar-refractivity contribution in [2.75, 3.05) is 19.7 Å². The van der Waals surface area contributed by atoms with Crippen LogP contribution in [0.4, 0.5) is 0 Å². The number of amides is 1. The summed E-state index contributed by atoms with van der Waals surface area (Å²) in [4.78, 5) is 20.6. The standard InChI is InChI=1S/C17H24N2O3S/c20-17(19-7-1-2-9-21-19)16-4-3-14-15(22-16)5-8-18(14)11-13-6-10-23-12-13/h6,10,12,14-16H,1-5,7-9,11H2/t14-,15-,16-/m1/s1. The topological polar surface area (TPSA) is 42.0 Å². The number of ether oxygens (including phenoxy) is 1. The quantitative estimate of drug-likeness (QED) is 0.850. The summed E-state index contributed by atoms with van der Waals surface area (Å²) >= 11 is 1.75.